The lowest BCUT2D eigenvalue weighted by Crippen LogP contribution is -2.34. The van der Waals surface area contributed by atoms with Gasteiger partial charge in [-0.2, -0.15) is 13.2 Å². The number of hydrogen-bond acceptors (Lipinski definition) is 2. The molecule has 2 nitrogen and oxygen atoms in total. The summed E-state index contributed by atoms with van der Waals surface area (Å²) in [5, 5.41) is 2.85. The fourth-order valence-electron chi connectivity index (χ4n) is 1.53. The van der Waals surface area contributed by atoms with Crippen LogP contribution in [0.3, 0.4) is 0 Å². The molecule has 0 aliphatic heterocycles. The van der Waals surface area contributed by atoms with Crippen LogP contribution >= 0.6 is 15.9 Å². The predicted molar refractivity (Wildman–Crippen MR) is 67.5 cm³/mol. The summed E-state index contributed by atoms with van der Waals surface area (Å²) in [6, 6.07) is 4.25. The summed E-state index contributed by atoms with van der Waals surface area (Å²) in [5.41, 5.74) is 0.676. The monoisotopic (exact) mass is 343 g/mol. The third-order valence-corrected chi connectivity index (χ3v) is 3.38. The van der Waals surface area contributed by atoms with Gasteiger partial charge in [-0.05, 0) is 41.0 Å². The lowest BCUT2D eigenvalue weighted by molar-refractivity contribution is -0.175. The van der Waals surface area contributed by atoms with Crippen LogP contribution in [0.25, 0.3) is 0 Å². The van der Waals surface area contributed by atoms with Crippen molar-refractivity contribution in [3.05, 3.63) is 34.1 Å². The Bertz CT molecular complexity index is 411. The molecule has 1 rings (SSSR count). The molecule has 108 valence electrons. The van der Waals surface area contributed by atoms with Gasteiger partial charge in [0.2, 0.25) is 0 Å². The second-order valence-electron chi connectivity index (χ2n) is 4.03. The number of nitrogens with one attached hydrogen (secondary N) is 1. The highest BCUT2D eigenvalue weighted by Gasteiger charge is 2.27. The molecule has 0 spiro atoms. The van der Waals surface area contributed by atoms with Gasteiger partial charge in [-0.15, -0.1) is 0 Å². The van der Waals surface area contributed by atoms with Crippen molar-refractivity contribution < 1.29 is 22.3 Å². The molecule has 0 saturated heterocycles. The minimum atomic E-state index is -4.34. The van der Waals surface area contributed by atoms with Crippen molar-refractivity contribution in [1.82, 2.24) is 5.32 Å². The molecule has 0 heterocycles. The van der Waals surface area contributed by atoms with Gasteiger partial charge < -0.3 is 10.1 Å². The molecule has 7 heteroatoms. The summed E-state index contributed by atoms with van der Waals surface area (Å²) in [6.07, 6.45) is -3.97. The Labute approximate surface area is 117 Å². The van der Waals surface area contributed by atoms with Crippen molar-refractivity contribution >= 4 is 15.9 Å². The summed E-state index contributed by atoms with van der Waals surface area (Å²) in [5.74, 6) is -0.399. The number of ether oxygens (including phenoxy) is 1. The van der Waals surface area contributed by atoms with E-state index in [-0.39, 0.29) is 12.6 Å². The average Bonchev–Trinajstić information content (AvgIpc) is 2.32. The van der Waals surface area contributed by atoms with E-state index in [1.165, 1.54) is 6.07 Å². The van der Waals surface area contributed by atoms with Crippen molar-refractivity contribution in [1.29, 1.82) is 0 Å². The van der Waals surface area contributed by atoms with Gasteiger partial charge >= 0.3 is 6.18 Å². The summed E-state index contributed by atoms with van der Waals surface area (Å²) in [6.45, 7) is -1.38. The molecule has 1 aromatic rings. The van der Waals surface area contributed by atoms with Crippen LogP contribution < -0.4 is 5.32 Å². The Morgan fingerprint density at radius 3 is 2.63 bits per heavy atom. The molecule has 0 aliphatic rings. The number of hydrogen-bond donors (Lipinski definition) is 1. The van der Waals surface area contributed by atoms with Crippen LogP contribution in [0.4, 0.5) is 17.6 Å². The quantitative estimate of drug-likeness (QED) is 0.800. The molecule has 1 atom stereocenters. The first-order valence-corrected chi connectivity index (χ1v) is 6.37. The maximum absolute atomic E-state index is 13.3. The van der Waals surface area contributed by atoms with Crippen LogP contribution in [-0.2, 0) is 11.2 Å². The fourth-order valence-corrected chi connectivity index (χ4v) is 1.96. The number of rotatable bonds is 6. The van der Waals surface area contributed by atoms with Gasteiger partial charge in [-0.25, -0.2) is 4.39 Å². The van der Waals surface area contributed by atoms with Crippen LogP contribution in [0, 0.1) is 5.82 Å². The van der Waals surface area contributed by atoms with Gasteiger partial charge in [0.05, 0.1) is 11.1 Å². The highest BCUT2D eigenvalue weighted by atomic mass is 79.9. The van der Waals surface area contributed by atoms with Crippen LogP contribution in [0.2, 0.25) is 0 Å². The van der Waals surface area contributed by atoms with Gasteiger partial charge in [0.1, 0.15) is 12.4 Å². The first kappa shape index (κ1) is 16.4. The average molecular weight is 344 g/mol. The Morgan fingerprint density at radius 1 is 1.37 bits per heavy atom. The highest BCUT2D eigenvalue weighted by Crippen LogP contribution is 2.22. The summed E-state index contributed by atoms with van der Waals surface area (Å²) in [7, 11) is 1.62. The van der Waals surface area contributed by atoms with Crippen molar-refractivity contribution in [2.75, 3.05) is 20.3 Å². The zero-order chi connectivity index (χ0) is 14.5. The van der Waals surface area contributed by atoms with E-state index in [0.717, 1.165) is 0 Å². The van der Waals surface area contributed by atoms with Gasteiger partial charge in [-0.1, -0.05) is 12.1 Å². The van der Waals surface area contributed by atoms with Gasteiger partial charge in [0, 0.05) is 6.04 Å². The highest BCUT2D eigenvalue weighted by molar-refractivity contribution is 9.10. The first-order chi connectivity index (χ1) is 8.83. The molecule has 0 aromatic heterocycles. The SMILES string of the molecule is CNC(COCC(F)(F)F)Cc1cccc(F)c1Br. The Hall–Kier alpha value is -0.660. The van der Waals surface area contributed by atoms with E-state index in [4.69, 9.17) is 0 Å². The number of benzene rings is 1. The maximum Gasteiger partial charge on any atom is 0.411 e. The van der Waals surface area contributed by atoms with E-state index < -0.39 is 18.6 Å². The van der Waals surface area contributed by atoms with Crippen molar-refractivity contribution in [2.24, 2.45) is 0 Å². The predicted octanol–water partition coefficient (Wildman–Crippen LogP) is 3.30. The molecule has 1 N–H and O–H groups in total. The van der Waals surface area contributed by atoms with Crippen molar-refractivity contribution in [3.8, 4) is 0 Å². The Morgan fingerprint density at radius 2 is 2.05 bits per heavy atom. The fraction of sp³-hybridized carbons (Fsp3) is 0.500. The second kappa shape index (κ2) is 7.21. The third-order valence-electron chi connectivity index (χ3n) is 2.49. The maximum atomic E-state index is 13.3. The molecule has 1 aromatic carbocycles. The van der Waals surface area contributed by atoms with E-state index in [9.17, 15) is 17.6 Å². The molecule has 1 unspecified atom stereocenters. The number of alkyl halides is 3. The minimum Gasteiger partial charge on any atom is -0.370 e. The largest absolute Gasteiger partial charge is 0.411 e. The smallest absolute Gasteiger partial charge is 0.370 e. The molecule has 19 heavy (non-hydrogen) atoms. The van der Waals surface area contributed by atoms with Gasteiger partial charge in [-0.3, -0.25) is 0 Å². The van der Waals surface area contributed by atoms with Crippen LogP contribution in [0.1, 0.15) is 5.56 Å². The van der Waals surface area contributed by atoms with E-state index >= 15 is 0 Å². The molecule has 0 fully saturated rings. The van der Waals surface area contributed by atoms with Crippen molar-refractivity contribution in [3.63, 3.8) is 0 Å². The van der Waals surface area contributed by atoms with Crippen molar-refractivity contribution in [2.45, 2.75) is 18.6 Å². The van der Waals surface area contributed by atoms with E-state index in [2.05, 4.69) is 26.0 Å². The first-order valence-electron chi connectivity index (χ1n) is 5.58. The molecule has 0 bridgehead atoms. The van der Waals surface area contributed by atoms with Crippen LogP contribution in [0.5, 0.6) is 0 Å². The summed E-state index contributed by atoms with van der Waals surface area (Å²) < 4.78 is 54.1. The minimum absolute atomic E-state index is 0.0983. The third kappa shape index (κ3) is 5.88. The normalized spacial score (nSPS) is 13.6. The molecule has 0 saturated carbocycles. The lowest BCUT2D eigenvalue weighted by atomic mass is 10.1. The molecule has 0 aliphatic carbocycles. The van der Waals surface area contributed by atoms with E-state index in [0.29, 0.717) is 16.5 Å². The number of likely N-dealkylation sites (N-methyl/N-ethyl adjacent to an activating group) is 1. The Kier molecular flexibility index (Phi) is 6.22. The zero-order valence-corrected chi connectivity index (χ0v) is 11.8. The number of halogens is 5. The molecular weight excluding hydrogens is 330 g/mol. The van der Waals surface area contributed by atoms with Gasteiger partial charge in [0.15, 0.2) is 0 Å². The van der Waals surface area contributed by atoms with E-state index in [1.54, 1.807) is 19.2 Å². The zero-order valence-electron chi connectivity index (χ0n) is 10.2. The second-order valence-corrected chi connectivity index (χ2v) is 4.83. The molecule has 0 amide bonds. The standard InChI is InChI=1S/C12H14BrF4NO/c1-18-9(6-19-7-12(15,16)17)5-8-3-2-4-10(14)11(8)13/h2-4,9,18H,5-7H2,1H3. The summed E-state index contributed by atoms with van der Waals surface area (Å²) in [4.78, 5) is 0. The van der Waals surface area contributed by atoms with Crippen LogP contribution in [0.15, 0.2) is 22.7 Å². The molecule has 0 radical (unpaired) electrons. The lowest BCUT2D eigenvalue weighted by Gasteiger charge is -2.18. The van der Waals surface area contributed by atoms with Gasteiger partial charge in [0.25, 0.3) is 0 Å². The summed E-state index contributed by atoms with van der Waals surface area (Å²) >= 11 is 3.11. The molecular formula is C12H14BrF4NO. The van der Waals surface area contributed by atoms with Crippen LogP contribution in [-0.4, -0.2) is 32.5 Å². The van der Waals surface area contributed by atoms with E-state index in [1.807, 2.05) is 0 Å². The topological polar surface area (TPSA) is 21.3 Å². The Balaban J connectivity index is 2.55.